The van der Waals surface area contributed by atoms with E-state index in [0.29, 0.717) is 28.2 Å². The number of ether oxygens (including phenoxy) is 1. The second kappa shape index (κ2) is 6.75. The molecule has 150 valence electrons. The van der Waals surface area contributed by atoms with Gasteiger partial charge in [0.15, 0.2) is 0 Å². The maximum atomic E-state index is 16.0. The van der Waals surface area contributed by atoms with Crippen molar-refractivity contribution in [1.82, 2.24) is 0 Å². The van der Waals surface area contributed by atoms with Gasteiger partial charge >= 0.3 is 7.12 Å². The van der Waals surface area contributed by atoms with E-state index in [4.69, 9.17) is 14.0 Å². The van der Waals surface area contributed by atoms with Gasteiger partial charge in [0, 0.05) is 22.8 Å². The lowest BCUT2D eigenvalue weighted by Crippen LogP contribution is -2.41. The van der Waals surface area contributed by atoms with Gasteiger partial charge in [-0.25, -0.2) is 4.39 Å². The van der Waals surface area contributed by atoms with Gasteiger partial charge in [0.2, 0.25) is 0 Å². The number of hydrogen-bond donors (Lipinski definition) is 1. The van der Waals surface area contributed by atoms with Crippen LogP contribution < -0.4 is 4.74 Å². The van der Waals surface area contributed by atoms with E-state index < -0.39 is 24.0 Å². The molecular weight excluding hydrogens is 370 g/mol. The molecule has 2 heterocycles. The lowest BCUT2D eigenvalue weighted by atomic mass is 9.77. The highest BCUT2D eigenvalue weighted by Gasteiger charge is 2.54. The molecule has 2 aromatic carbocycles. The number of phenols is 1. The topological polar surface area (TPSA) is 47.9 Å². The Bertz CT molecular complexity index is 1010. The van der Waals surface area contributed by atoms with Crippen molar-refractivity contribution in [2.45, 2.75) is 45.8 Å². The molecule has 6 heteroatoms. The molecule has 0 aromatic heterocycles. The summed E-state index contributed by atoms with van der Waals surface area (Å²) in [6.07, 6.45) is 0. The molecule has 4 rings (SSSR count). The van der Waals surface area contributed by atoms with E-state index in [1.807, 2.05) is 58.0 Å². The SMILES string of the molecule is CC1=C(c2ccccc2)C(=C(F)B2OC(C)(C)C(C)(C)O2)c2ccc(O)cc2O1. The molecule has 1 saturated heterocycles. The zero-order chi connectivity index (χ0) is 21.0. The minimum atomic E-state index is -1.14. The number of fused-ring (bicyclic) bond motifs is 1. The monoisotopic (exact) mass is 394 g/mol. The van der Waals surface area contributed by atoms with Gasteiger partial charge in [-0.15, -0.1) is 0 Å². The molecule has 0 radical (unpaired) electrons. The molecule has 1 fully saturated rings. The summed E-state index contributed by atoms with van der Waals surface area (Å²) >= 11 is 0. The lowest BCUT2D eigenvalue weighted by Gasteiger charge is -2.32. The van der Waals surface area contributed by atoms with Crippen molar-refractivity contribution < 1.29 is 23.5 Å². The van der Waals surface area contributed by atoms with Gasteiger partial charge in [-0.05, 0) is 52.3 Å². The molecule has 2 aliphatic heterocycles. The first kappa shape index (κ1) is 19.7. The fourth-order valence-electron chi connectivity index (χ4n) is 3.59. The lowest BCUT2D eigenvalue weighted by molar-refractivity contribution is 0.00578. The van der Waals surface area contributed by atoms with Crippen molar-refractivity contribution in [3.63, 3.8) is 0 Å². The minimum Gasteiger partial charge on any atom is -0.508 e. The van der Waals surface area contributed by atoms with Crippen molar-refractivity contribution in [3.05, 3.63) is 71.1 Å². The fourth-order valence-corrected chi connectivity index (χ4v) is 3.59. The Morgan fingerprint density at radius 2 is 1.59 bits per heavy atom. The maximum Gasteiger partial charge on any atom is 0.525 e. The Morgan fingerprint density at radius 3 is 2.21 bits per heavy atom. The van der Waals surface area contributed by atoms with E-state index in [0.717, 1.165) is 5.56 Å². The van der Waals surface area contributed by atoms with E-state index in [9.17, 15) is 5.11 Å². The van der Waals surface area contributed by atoms with Crippen LogP contribution in [0, 0.1) is 0 Å². The third-order valence-corrected chi connectivity index (χ3v) is 5.86. The molecular formula is C23H24BFO4. The third-order valence-electron chi connectivity index (χ3n) is 5.86. The average Bonchev–Trinajstić information content (AvgIpc) is 2.88. The quantitative estimate of drug-likeness (QED) is 0.681. The number of allylic oxidation sites excluding steroid dienone is 3. The smallest absolute Gasteiger partial charge is 0.508 e. The van der Waals surface area contributed by atoms with E-state index in [1.54, 1.807) is 13.0 Å². The first-order chi connectivity index (χ1) is 13.6. The normalized spacial score (nSPS) is 21.7. The van der Waals surface area contributed by atoms with Crippen LogP contribution >= 0.6 is 0 Å². The second-order valence-electron chi connectivity index (χ2n) is 8.39. The highest BCUT2D eigenvalue weighted by Crippen LogP contribution is 2.48. The van der Waals surface area contributed by atoms with Crippen LogP contribution in [0.4, 0.5) is 4.39 Å². The van der Waals surface area contributed by atoms with Crippen LogP contribution in [-0.4, -0.2) is 23.4 Å². The van der Waals surface area contributed by atoms with E-state index in [1.165, 1.54) is 12.1 Å². The first-order valence-corrected chi connectivity index (χ1v) is 9.64. The van der Waals surface area contributed by atoms with Crippen molar-refractivity contribution in [1.29, 1.82) is 0 Å². The van der Waals surface area contributed by atoms with Crippen LogP contribution in [-0.2, 0) is 9.31 Å². The van der Waals surface area contributed by atoms with Gasteiger partial charge in [-0.2, -0.15) is 0 Å². The summed E-state index contributed by atoms with van der Waals surface area (Å²) in [5.41, 5.74) is 0.514. The predicted molar refractivity (Wildman–Crippen MR) is 112 cm³/mol. The largest absolute Gasteiger partial charge is 0.525 e. The second-order valence-corrected chi connectivity index (χ2v) is 8.39. The highest BCUT2D eigenvalue weighted by molar-refractivity contribution is 6.56. The highest BCUT2D eigenvalue weighted by atomic mass is 19.1. The van der Waals surface area contributed by atoms with Crippen LogP contribution in [0.25, 0.3) is 11.1 Å². The Hall–Kier alpha value is -2.57. The number of phenolic OH excluding ortho intramolecular Hbond substituents is 1. The van der Waals surface area contributed by atoms with Crippen LogP contribution in [0.5, 0.6) is 11.5 Å². The summed E-state index contributed by atoms with van der Waals surface area (Å²) in [5.74, 6) is 0.981. The zero-order valence-electron chi connectivity index (χ0n) is 17.2. The first-order valence-electron chi connectivity index (χ1n) is 9.64. The number of hydrogen-bond acceptors (Lipinski definition) is 4. The zero-order valence-corrected chi connectivity index (χ0v) is 17.2. The van der Waals surface area contributed by atoms with Crippen LogP contribution in [0.3, 0.4) is 0 Å². The van der Waals surface area contributed by atoms with Crippen LogP contribution in [0.1, 0.15) is 45.7 Å². The molecule has 0 amide bonds. The molecule has 4 nitrogen and oxygen atoms in total. The van der Waals surface area contributed by atoms with E-state index >= 15 is 4.39 Å². The maximum absolute atomic E-state index is 16.0. The number of rotatable bonds is 2. The molecule has 0 unspecified atom stereocenters. The van der Waals surface area contributed by atoms with Crippen LogP contribution in [0.2, 0.25) is 0 Å². The van der Waals surface area contributed by atoms with Gasteiger partial charge < -0.3 is 19.2 Å². The van der Waals surface area contributed by atoms with Gasteiger partial charge in [0.1, 0.15) is 23.0 Å². The molecule has 0 spiro atoms. The van der Waals surface area contributed by atoms with E-state index in [-0.39, 0.29) is 5.75 Å². The molecule has 0 aliphatic carbocycles. The Morgan fingerprint density at radius 1 is 0.966 bits per heavy atom. The van der Waals surface area contributed by atoms with Crippen molar-refractivity contribution in [2.24, 2.45) is 0 Å². The Labute approximate surface area is 170 Å². The summed E-state index contributed by atoms with van der Waals surface area (Å²) < 4.78 is 33.9. The third kappa shape index (κ3) is 3.26. The van der Waals surface area contributed by atoms with E-state index in [2.05, 4.69) is 0 Å². The summed E-state index contributed by atoms with van der Waals surface area (Å²) in [7, 11) is -1.14. The molecule has 1 N–H and O–H groups in total. The summed E-state index contributed by atoms with van der Waals surface area (Å²) in [6, 6.07) is 14.2. The molecule has 2 aromatic rings. The fraction of sp³-hybridized carbons (Fsp3) is 0.304. The van der Waals surface area contributed by atoms with Crippen molar-refractivity contribution >= 4 is 18.3 Å². The van der Waals surface area contributed by atoms with Gasteiger partial charge in [0.25, 0.3) is 0 Å². The number of benzene rings is 2. The number of aromatic hydroxyl groups is 1. The summed E-state index contributed by atoms with van der Waals surface area (Å²) in [6.45, 7) is 9.34. The molecule has 0 bridgehead atoms. The van der Waals surface area contributed by atoms with Gasteiger partial charge in [-0.3, -0.25) is 0 Å². The van der Waals surface area contributed by atoms with Gasteiger partial charge in [0.05, 0.1) is 11.2 Å². The number of halogens is 1. The van der Waals surface area contributed by atoms with Crippen LogP contribution in [0.15, 0.2) is 60.0 Å². The molecule has 0 atom stereocenters. The molecule has 2 aliphatic rings. The molecule has 29 heavy (non-hydrogen) atoms. The Kier molecular flexibility index (Phi) is 4.59. The predicted octanol–water partition coefficient (Wildman–Crippen LogP) is 5.53. The Balaban J connectivity index is 1.93. The standard InChI is InChI=1S/C23H24BFO4/c1-14-19(15-9-7-6-8-10-15)20(17-12-11-16(26)13-18(17)27-14)21(25)24-28-22(2,3)23(4,5)29-24/h6-13,26H,1-5H3. The van der Waals surface area contributed by atoms with Crippen molar-refractivity contribution in [3.8, 4) is 11.5 Å². The average molecular weight is 394 g/mol. The molecule has 0 saturated carbocycles. The van der Waals surface area contributed by atoms with Crippen molar-refractivity contribution in [2.75, 3.05) is 0 Å². The summed E-state index contributed by atoms with van der Waals surface area (Å²) in [5, 5.41) is 9.88. The van der Waals surface area contributed by atoms with Gasteiger partial charge in [-0.1, -0.05) is 30.3 Å². The minimum absolute atomic E-state index is 0.0510. The summed E-state index contributed by atoms with van der Waals surface area (Å²) in [4.78, 5) is 0.